The second kappa shape index (κ2) is 7.04. The number of nitrogen functional groups attached to an aromatic ring is 1. The highest BCUT2D eigenvalue weighted by Crippen LogP contribution is 2.35. The zero-order chi connectivity index (χ0) is 17.8. The zero-order valence-electron chi connectivity index (χ0n) is 13.3. The quantitative estimate of drug-likeness (QED) is 0.721. The van der Waals surface area contributed by atoms with E-state index in [1.807, 2.05) is 49.5 Å². The van der Waals surface area contributed by atoms with E-state index in [0.717, 1.165) is 11.4 Å². The van der Waals surface area contributed by atoms with Crippen molar-refractivity contribution in [1.82, 2.24) is 20.0 Å². The van der Waals surface area contributed by atoms with E-state index < -0.39 is 0 Å². The monoisotopic (exact) mass is 347 g/mol. The molecule has 0 aliphatic carbocycles. The number of nitrogens with two attached hydrogens (primary N) is 1. The van der Waals surface area contributed by atoms with Crippen LogP contribution >= 0.6 is 11.8 Å². The third kappa shape index (κ3) is 3.44. The molecule has 0 unspecified atom stereocenters. The van der Waals surface area contributed by atoms with E-state index in [-0.39, 0.29) is 16.6 Å². The van der Waals surface area contributed by atoms with Crippen molar-refractivity contribution in [2.24, 2.45) is 0 Å². The van der Waals surface area contributed by atoms with Gasteiger partial charge in [-0.1, -0.05) is 35.2 Å². The SMILES string of the molecule is C[C@@H](Sc1nc(N)c(C#N)cc1C#N)c1cn(-c2ccccc2)nn1. The fourth-order valence-electron chi connectivity index (χ4n) is 2.17. The maximum Gasteiger partial charge on any atom is 0.142 e. The molecule has 1 aromatic carbocycles. The third-order valence-corrected chi connectivity index (χ3v) is 4.62. The van der Waals surface area contributed by atoms with Gasteiger partial charge in [0.05, 0.1) is 34.0 Å². The average molecular weight is 347 g/mol. The molecule has 7 nitrogen and oxygen atoms in total. The van der Waals surface area contributed by atoms with Gasteiger partial charge >= 0.3 is 0 Å². The number of nitriles is 2. The summed E-state index contributed by atoms with van der Waals surface area (Å²) >= 11 is 1.35. The smallest absolute Gasteiger partial charge is 0.142 e. The second-order valence-electron chi connectivity index (χ2n) is 5.18. The van der Waals surface area contributed by atoms with Crippen LogP contribution in [0.15, 0.2) is 47.6 Å². The number of pyridine rings is 1. The van der Waals surface area contributed by atoms with Crippen LogP contribution in [-0.4, -0.2) is 20.0 Å². The fourth-order valence-corrected chi connectivity index (χ4v) is 3.11. The minimum atomic E-state index is -0.0932. The van der Waals surface area contributed by atoms with Gasteiger partial charge in [0.25, 0.3) is 0 Å². The highest BCUT2D eigenvalue weighted by Gasteiger charge is 2.17. The Morgan fingerprint density at radius 3 is 2.56 bits per heavy atom. The summed E-state index contributed by atoms with van der Waals surface area (Å²) in [5, 5.41) is 27.0. The van der Waals surface area contributed by atoms with Crippen molar-refractivity contribution in [2.75, 3.05) is 5.73 Å². The molecule has 0 saturated carbocycles. The summed E-state index contributed by atoms with van der Waals surface area (Å²) in [5.74, 6) is 0.115. The number of thioether (sulfide) groups is 1. The lowest BCUT2D eigenvalue weighted by Gasteiger charge is -2.09. The van der Waals surface area contributed by atoms with E-state index in [1.165, 1.54) is 17.8 Å². The van der Waals surface area contributed by atoms with E-state index in [9.17, 15) is 5.26 Å². The summed E-state index contributed by atoms with van der Waals surface area (Å²) in [7, 11) is 0. The van der Waals surface area contributed by atoms with Gasteiger partial charge in [-0.3, -0.25) is 0 Å². The van der Waals surface area contributed by atoms with Gasteiger partial charge in [-0.15, -0.1) is 5.10 Å². The van der Waals surface area contributed by atoms with Crippen LogP contribution in [0.1, 0.15) is 29.0 Å². The summed E-state index contributed by atoms with van der Waals surface area (Å²) < 4.78 is 1.69. The van der Waals surface area contributed by atoms with E-state index in [2.05, 4.69) is 21.4 Å². The predicted molar refractivity (Wildman–Crippen MR) is 93.7 cm³/mol. The lowest BCUT2D eigenvalue weighted by atomic mass is 10.2. The van der Waals surface area contributed by atoms with Crippen LogP contribution in [0.2, 0.25) is 0 Å². The number of aromatic nitrogens is 4. The van der Waals surface area contributed by atoms with Crippen LogP contribution in [0.4, 0.5) is 5.82 Å². The molecule has 1 atom stereocenters. The Balaban J connectivity index is 1.85. The Kier molecular flexibility index (Phi) is 4.64. The zero-order valence-corrected chi connectivity index (χ0v) is 14.1. The number of anilines is 1. The Labute approximate surface area is 148 Å². The van der Waals surface area contributed by atoms with Crippen LogP contribution in [0.25, 0.3) is 5.69 Å². The minimum Gasteiger partial charge on any atom is -0.383 e. The van der Waals surface area contributed by atoms with Crippen molar-refractivity contribution < 1.29 is 0 Å². The summed E-state index contributed by atoms with van der Waals surface area (Å²) in [5.41, 5.74) is 7.94. The van der Waals surface area contributed by atoms with Gasteiger partial charge in [0, 0.05) is 0 Å². The number of nitrogens with zero attached hydrogens (tertiary/aromatic N) is 6. The first-order chi connectivity index (χ1) is 12.1. The minimum absolute atomic E-state index is 0.0932. The maximum atomic E-state index is 9.28. The molecule has 122 valence electrons. The Hall–Kier alpha value is -3.36. The molecule has 3 rings (SSSR count). The highest BCUT2D eigenvalue weighted by molar-refractivity contribution is 7.99. The molecular formula is C17H13N7S. The maximum absolute atomic E-state index is 9.28. The fraction of sp³-hybridized carbons (Fsp3) is 0.118. The van der Waals surface area contributed by atoms with Gasteiger partial charge < -0.3 is 5.73 Å². The van der Waals surface area contributed by atoms with Gasteiger partial charge in [-0.25, -0.2) is 9.67 Å². The molecular weight excluding hydrogens is 334 g/mol. The molecule has 0 saturated heterocycles. The number of hydrogen-bond donors (Lipinski definition) is 1. The topological polar surface area (TPSA) is 117 Å². The Morgan fingerprint density at radius 2 is 1.88 bits per heavy atom. The molecule has 8 heteroatoms. The molecule has 0 spiro atoms. The van der Waals surface area contributed by atoms with Crippen LogP contribution in [0.5, 0.6) is 0 Å². The van der Waals surface area contributed by atoms with Crippen LogP contribution in [0, 0.1) is 22.7 Å². The van der Waals surface area contributed by atoms with Crippen LogP contribution < -0.4 is 5.73 Å². The lowest BCUT2D eigenvalue weighted by Crippen LogP contribution is -2.00. The summed E-state index contributed by atoms with van der Waals surface area (Å²) in [6, 6.07) is 15.1. The van der Waals surface area contributed by atoms with Crippen molar-refractivity contribution >= 4 is 17.6 Å². The van der Waals surface area contributed by atoms with Gasteiger partial charge in [-0.2, -0.15) is 10.5 Å². The van der Waals surface area contributed by atoms with Crippen molar-refractivity contribution in [3.63, 3.8) is 0 Å². The first-order valence-electron chi connectivity index (χ1n) is 7.37. The lowest BCUT2D eigenvalue weighted by molar-refractivity contribution is 0.797. The number of benzene rings is 1. The van der Waals surface area contributed by atoms with Crippen LogP contribution in [-0.2, 0) is 0 Å². The first kappa shape index (κ1) is 16.5. The van der Waals surface area contributed by atoms with Gasteiger partial charge in [-0.05, 0) is 25.1 Å². The van der Waals surface area contributed by atoms with E-state index in [0.29, 0.717) is 10.6 Å². The van der Waals surface area contributed by atoms with E-state index in [4.69, 9.17) is 11.0 Å². The number of para-hydroxylation sites is 1. The van der Waals surface area contributed by atoms with Crippen molar-refractivity contribution in [3.8, 4) is 17.8 Å². The van der Waals surface area contributed by atoms with Gasteiger partial charge in [0.15, 0.2) is 0 Å². The molecule has 0 amide bonds. The van der Waals surface area contributed by atoms with E-state index >= 15 is 0 Å². The predicted octanol–water partition coefficient (Wildman–Crippen LogP) is 2.84. The standard InChI is InChI=1S/C17H13N7S/c1-11(15-10-24(23-22-15)14-5-3-2-4-6-14)25-17-13(9-19)7-12(8-18)16(20)21-17/h2-7,10-11H,1H3,(H2,20,21)/t11-/m1/s1. The van der Waals surface area contributed by atoms with Gasteiger partial charge in [0.2, 0.25) is 0 Å². The van der Waals surface area contributed by atoms with Gasteiger partial charge in [0.1, 0.15) is 23.0 Å². The summed E-state index contributed by atoms with van der Waals surface area (Å²) in [4.78, 5) is 4.19. The average Bonchev–Trinajstić information content (AvgIpc) is 3.13. The third-order valence-electron chi connectivity index (χ3n) is 3.49. The molecule has 0 aliphatic rings. The normalized spacial score (nSPS) is 11.5. The molecule has 0 fully saturated rings. The van der Waals surface area contributed by atoms with E-state index in [1.54, 1.807) is 4.68 Å². The number of hydrogen-bond acceptors (Lipinski definition) is 7. The summed E-state index contributed by atoms with van der Waals surface area (Å²) in [6.07, 6.45) is 1.84. The molecule has 2 N–H and O–H groups in total. The molecule has 0 radical (unpaired) electrons. The molecule has 2 heterocycles. The molecule has 2 aromatic heterocycles. The van der Waals surface area contributed by atoms with Crippen molar-refractivity contribution in [3.05, 3.63) is 59.4 Å². The molecule has 0 bridgehead atoms. The molecule has 3 aromatic rings. The summed E-state index contributed by atoms with van der Waals surface area (Å²) in [6.45, 7) is 1.95. The number of rotatable bonds is 4. The highest BCUT2D eigenvalue weighted by atomic mass is 32.2. The molecule has 25 heavy (non-hydrogen) atoms. The second-order valence-corrected chi connectivity index (χ2v) is 6.51. The largest absolute Gasteiger partial charge is 0.383 e. The first-order valence-corrected chi connectivity index (χ1v) is 8.25. The van der Waals surface area contributed by atoms with Crippen LogP contribution in [0.3, 0.4) is 0 Å². The Bertz CT molecular complexity index is 982. The molecule has 0 aliphatic heterocycles. The van der Waals surface area contributed by atoms with Crippen molar-refractivity contribution in [1.29, 1.82) is 10.5 Å². The van der Waals surface area contributed by atoms with Crippen molar-refractivity contribution in [2.45, 2.75) is 17.2 Å². The Morgan fingerprint density at radius 1 is 1.16 bits per heavy atom.